The van der Waals surface area contributed by atoms with Crippen LogP contribution in [0.4, 0.5) is 0 Å². The van der Waals surface area contributed by atoms with Crippen molar-refractivity contribution in [2.75, 3.05) is 19.4 Å². The summed E-state index contributed by atoms with van der Waals surface area (Å²) in [6.45, 7) is 12.9. The fraction of sp³-hybridized carbons (Fsp3) is 1.00. The summed E-state index contributed by atoms with van der Waals surface area (Å²) in [5.41, 5.74) is -0.830. The third-order valence-corrected chi connectivity index (χ3v) is 5.31. The van der Waals surface area contributed by atoms with E-state index in [1.165, 1.54) is 4.31 Å². The molecule has 0 aromatic heterocycles. The summed E-state index contributed by atoms with van der Waals surface area (Å²) in [5, 5.41) is 0. The van der Waals surface area contributed by atoms with Gasteiger partial charge in [-0.3, -0.25) is 0 Å². The molecule has 0 amide bonds. The van der Waals surface area contributed by atoms with Gasteiger partial charge in [0.05, 0.1) is 36.1 Å². The van der Waals surface area contributed by atoms with Gasteiger partial charge in [0, 0.05) is 12.1 Å². The standard InChI is InChI=1S/C14H30NO6S2.K.H2O/c1-11(13(2,3)4)21-12(10-20-22(16)17)9-15(14(5,6)7)23(8,18)19;;/h11-12H,9-10H2,1-8H3;;1H2/q-1;+1;/p-1/t11-,12-;;/m0../s1. The monoisotopic (exact) mass is 428 g/mol. The van der Waals surface area contributed by atoms with Gasteiger partial charge in [0.1, 0.15) is 0 Å². The molecule has 0 unspecified atom stereocenters. The Bertz CT molecular complexity index is 543. The number of ether oxygens (including phenoxy) is 1. The van der Waals surface area contributed by atoms with Crippen LogP contribution in [0.2, 0.25) is 0 Å². The average Bonchev–Trinajstić information content (AvgIpc) is 2.27. The molecule has 0 spiro atoms. The largest absolute Gasteiger partial charge is 1.00 e. The van der Waals surface area contributed by atoms with Gasteiger partial charge in [-0.1, -0.05) is 20.8 Å². The van der Waals surface area contributed by atoms with Crippen molar-refractivity contribution < 1.29 is 82.6 Å². The molecule has 0 aliphatic carbocycles. The molecule has 25 heavy (non-hydrogen) atoms. The minimum absolute atomic E-state index is 0. The first-order valence-electron chi connectivity index (χ1n) is 7.41. The van der Waals surface area contributed by atoms with Crippen molar-refractivity contribution in [3.05, 3.63) is 0 Å². The zero-order chi connectivity index (χ0) is 18.6. The first-order valence-corrected chi connectivity index (χ1v) is 10.3. The molecule has 0 aromatic carbocycles. The van der Waals surface area contributed by atoms with E-state index in [1.807, 2.05) is 27.7 Å². The number of sulfonamides is 1. The van der Waals surface area contributed by atoms with Gasteiger partial charge in [0.15, 0.2) is 0 Å². The van der Waals surface area contributed by atoms with Crippen molar-refractivity contribution in [3.63, 3.8) is 0 Å². The van der Waals surface area contributed by atoms with Crippen LogP contribution in [0, 0.1) is 5.41 Å². The van der Waals surface area contributed by atoms with Crippen molar-refractivity contribution in [2.45, 2.75) is 66.2 Å². The minimum Gasteiger partial charge on any atom is -0.870 e. The molecule has 1 N–H and O–H groups in total. The van der Waals surface area contributed by atoms with Gasteiger partial charge >= 0.3 is 51.4 Å². The van der Waals surface area contributed by atoms with Crippen LogP contribution in [-0.2, 0) is 38.3 Å². The molecular weight excluding hydrogens is 397 g/mol. The smallest absolute Gasteiger partial charge is 0.870 e. The Balaban J connectivity index is -0.00000242. The van der Waals surface area contributed by atoms with E-state index in [0.717, 1.165) is 6.26 Å². The molecule has 0 fully saturated rings. The predicted octanol–water partition coefficient (Wildman–Crippen LogP) is -1.07. The Morgan fingerprint density at radius 2 is 1.52 bits per heavy atom. The maximum atomic E-state index is 12.0. The minimum atomic E-state index is -3.48. The molecule has 0 aliphatic heterocycles. The van der Waals surface area contributed by atoms with E-state index in [9.17, 15) is 16.8 Å². The Kier molecular flexibility index (Phi) is 15.0. The summed E-state index contributed by atoms with van der Waals surface area (Å²) in [7, 11) is -6.16. The van der Waals surface area contributed by atoms with Gasteiger partial charge in [-0.25, -0.2) is 8.42 Å². The summed E-state index contributed by atoms with van der Waals surface area (Å²) >= 11 is 0. The third kappa shape index (κ3) is 13.2. The maximum Gasteiger partial charge on any atom is 1.00 e. The molecule has 0 aliphatic rings. The van der Waals surface area contributed by atoms with Crippen LogP contribution < -0.4 is 51.4 Å². The zero-order valence-corrected chi connectivity index (χ0v) is 21.5. The molecule has 0 aromatic rings. The van der Waals surface area contributed by atoms with Crippen molar-refractivity contribution in [2.24, 2.45) is 5.41 Å². The second-order valence-corrected chi connectivity index (χ2v) is 10.3. The Morgan fingerprint density at radius 1 is 1.08 bits per heavy atom. The van der Waals surface area contributed by atoms with E-state index in [1.54, 1.807) is 20.8 Å². The second-order valence-electron chi connectivity index (χ2n) is 7.72. The van der Waals surface area contributed by atoms with Crippen molar-refractivity contribution in [3.8, 4) is 0 Å². The molecule has 0 bridgehead atoms. The molecule has 0 heterocycles. The van der Waals surface area contributed by atoms with Crippen molar-refractivity contribution in [1.82, 2.24) is 4.31 Å². The van der Waals surface area contributed by atoms with E-state index in [-0.39, 0.29) is 81.5 Å². The SMILES string of the molecule is C[C@H](O[C@H](CO[S-](=O)=O)CN(C(C)(C)C)S(C)(=O)=O)C(C)(C)C.[K+].[OH-]. The zero-order valence-electron chi connectivity index (χ0n) is 16.7. The molecule has 0 saturated heterocycles. The van der Waals surface area contributed by atoms with Crippen LogP contribution in [0.5, 0.6) is 0 Å². The number of rotatable bonds is 8. The number of nitrogens with zero attached hydrogens (tertiary/aromatic N) is 1. The van der Waals surface area contributed by atoms with Crippen LogP contribution in [0.15, 0.2) is 0 Å². The molecule has 0 saturated carbocycles. The number of hydrogen-bond acceptors (Lipinski definition) is 8. The fourth-order valence-electron chi connectivity index (χ4n) is 1.85. The van der Waals surface area contributed by atoms with Gasteiger partial charge in [-0.2, -0.15) is 4.31 Å². The third-order valence-electron chi connectivity index (χ3n) is 3.48. The molecule has 148 valence electrons. The first-order chi connectivity index (χ1) is 10.0. The van der Waals surface area contributed by atoms with Crippen LogP contribution in [0.3, 0.4) is 0 Å². The van der Waals surface area contributed by atoms with Gasteiger partial charge < -0.3 is 22.8 Å². The Hall–Kier alpha value is 1.38. The summed E-state index contributed by atoms with van der Waals surface area (Å²) in [5.74, 6) is 0. The van der Waals surface area contributed by atoms with Gasteiger partial charge in [0.2, 0.25) is 10.0 Å². The molecule has 0 radical (unpaired) electrons. The molecule has 11 heteroatoms. The normalized spacial score (nSPS) is 15.4. The second kappa shape index (κ2) is 12.0. The number of hydrogen-bond donors (Lipinski definition) is 0. The topological polar surface area (TPSA) is 120 Å². The van der Waals surface area contributed by atoms with Crippen LogP contribution in [0.25, 0.3) is 0 Å². The Morgan fingerprint density at radius 3 is 1.80 bits per heavy atom. The van der Waals surface area contributed by atoms with E-state index in [4.69, 9.17) is 4.74 Å². The van der Waals surface area contributed by atoms with Crippen LogP contribution in [-0.4, -0.2) is 55.4 Å². The molecule has 8 nitrogen and oxygen atoms in total. The first kappa shape index (κ1) is 31.1. The Labute approximate surface area is 197 Å². The van der Waals surface area contributed by atoms with Crippen LogP contribution >= 0.6 is 0 Å². The molecular formula is C14H31KNO7S2-. The van der Waals surface area contributed by atoms with Gasteiger partial charge in [-0.15, -0.1) is 0 Å². The summed E-state index contributed by atoms with van der Waals surface area (Å²) in [6, 6.07) is 0. The summed E-state index contributed by atoms with van der Waals surface area (Å²) in [4.78, 5) is 0. The fourth-order valence-corrected chi connectivity index (χ4v) is 3.55. The van der Waals surface area contributed by atoms with E-state index in [2.05, 4.69) is 4.18 Å². The molecule has 0 rings (SSSR count). The van der Waals surface area contributed by atoms with Crippen molar-refractivity contribution in [1.29, 1.82) is 0 Å². The van der Waals surface area contributed by atoms with Gasteiger partial charge in [-0.05, 0) is 33.1 Å². The average molecular weight is 429 g/mol. The van der Waals surface area contributed by atoms with Crippen molar-refractivity contribution >= 4 is 21.0 Å². The van der Waals surface area contributed by atoms with Crippen LogP contribution in [0.1, 0.15) is 48.5 Å². The van der Waals surface area contributed by atoms with E-state index >= 15 is 0 Å². The van der Waals surface area contributed by atoms with E-state index < -0.39 is 32.7 Å². The summed E-state index contributed by atoms with van der Waals surface area (Å²) in [6.07, 6.45) is 0.211. The molecule has 2 atom stereocenters. The van der Waals surface area contributed by atoms with E-state index in [0.29, 0.717) is 0 Å². The van der Waals surface area contributed by atoms with Gasteiger partial charge in [0.25, 0.3) is 0 Å². The maximum absolute atomic E-state index is 12.0. The summed E-state index contributed by atoms with van der Waals surface area (Å²) < 4.78 is 57.2. The predicted molar refractivity (Wildman–Crippen MR) is 91.7 cm³/mol. The quantitative estimate of drug-likeness (QED) is 0.357.